The fourth-order valence-electron chi connectivity index (χ4n) is 2.08. The second kappa shape index (κ2) is 7.32. The Morgan fingerprint density at radius 2 is 1.91 bits per heavy atom. The van der Waals surface area contributed by atoms with Gasteiger partial charge < -0.3 is 14.8 Å². The lowest BCUT2D eigenvalue weighted by atomic mass is 10.1. The maximum absolute atomic E-state index is 12.5. The normalized spacial score (nSPS) is 12.9. The summed E-state index contributed by atoms with van der Waals surface area (Å²) in [4.78, 5) is 11.9. The molecule has 2 rings (SSSR count). The Kier molecular flexibility index (Phi) is 5.44. The highest BCUT2D eigenvalue weighted by Crippen LogP contribution is 2.29. The van der Waals surface area contributed by atoms with Crippen LogP contribution in [0, 0.1) is 0 Å². The van der Waals surface area contributed by atoms with Crippen LogP contribution in [-0.2, 0) is 17.4 Å². The second-order valence-corrected chi connectivity index (χ2v) is 5.01. The molecule has 0 fully saturated rings. The number of amides is 1. The van der Waals surface area contributed by atoms with Crippen molar-refractivity contribution in [3.05, 3.63) is 59.5 Å². The van der Waals surface area contributed by atoms with Crippen LogP contribution in [0.15, 0.2) is 47.1 Å². The van der Waals surface area contributed by atoms with Gasteiger partial charge in [-0.2, -0.15) is 13.2 Å². The molecule has 0 spiro atoms. The van der Waals surface area contributed by atoms with Crippen LogP contribution in [0.25, 0.3) is 0 Å². The van der Waals surface area contributed by atoms with Gasteiger partial charge in [-0.25, -0.2) is 0 Å². The molecule has 0 radical (unpaired) electrons. The minimum absolute atomic E-state index is 0.0998. The summed E-state index contributed by atoms with van der Waals surface area (Å²) in [6.07, 6.45) is -2.53. The molecule has 1 aromatic heterocycles. The van der Waals surface area contributed by atoms with E-state index in [1.54, 1.807) is 12.1 Å². The fraction of sp³-hybridized carbons (Fsp3) is 0.312. The molecule has 1 amide bonds. The summed E-state index contributed by atoms with van der Waals surface area (Å²) >= 11 is 0. The van der Waals surface area contributed by atoms with Crippen molar-refractivity contribution in [2.75, 3.05) is 6.61 Å². The quantitative estimate of drug-likeness (QED) is 0.857. The fourth-order valence-corrected chi connectivity index (χ4v) is 2.08. The van der Waals surface area contributed by atoms with Gasteiger partial charge in [-0.3, -0.25) is 4.79 Å². The summed E-state index contributed by atoms with van der Waals surface area (Å²) in [5.74, 6) is 0.121. The van der Waals surface area contributed by atoms with E-state index < -0.39 is 17.8 Å². The van der Waals surface area contributed by atoms with Crippen LogP contribution >= 0.6 is 0 Å². The van der Waals surface area contributed by atoms with E-state index in [0.717, 1.165) is 12.1 Å². The van der Waals surface area contributed by atoms with Gasteiger partial charge in [-0.05, 0) is 36.2 Å². The van der Waals surface area contributed by atoms with Gasteiger partial charge in [0.1, 0.15) is 11.8 Å². The molecule has 1 heterocycles. The zero-order valence-corrected chi connectivity index (χ0v) is 12.1. The number of aliphatic hydroxyl groups excluding tert-OH is 1. The molecule has 1 atom stereocenters. The third-order valence-corrected chi connectivity index (χ3v) is 3.33. The van der Waals surface area contributed by atoms with Crippen LogP contribution in [0.4, 0.5) is 13.2 Å². The molecule has 2 N–H and O–H groups in total. The Balaban J connectivity index is 1.86. The molecule has 0 aliphatic heterocycles. The van der Waals surface area contributed by atoms with Crippen molar-refractivity contribution in [1.82, 2.24) is 5.32 Å². The van der Waals surface area contributed by atoms with Gasteiger partial charge >= 0.3 is 6.18 Å². The number of rotatable bonds is 6. The number of aliphatic hydroxyl groups is 1. The van der Waals surface area contributed by atoms with Gasteiger partial charge in [-0.15, -0.1) is 0 Å². The Hall–Kier alpha value is -2.28. The molecule has 4 nitrogen and oxygen atoms in total. The van der Waals surface area contributed by atoms with Crippen LogP contribution in [0.5, 0.6) is 0 Å². The molecule has 0 aliphatic carbocycles. The Morgan fingerprint density at radius 1 is 1.22 bits per heavy atom. The minimum Gasteiger partial charge on any atom is -0.467 e. The summed E-state index contributed by atoms with van der Waals surface area (Å²) in [5, 5.41) is 11.9. The first-order valence-corrected chi connectivity index (χ1v) is 7.00. The van der Waals surface area contributed by atoms with Crippen molar-refractivity contribution in [3.8, 4) is 0 Å². The lowest BCUT2D eigenvalue weighted by Gasteiger charge is -2.14. The Bertz CT molecular complexity index is 621. The first-order valence-electron chi connectivity index (χ1n) is 7.00. The largest absolute Gasteiger partial charge is 0.467 e. The Morgan fingerprint density at radius 3 is 2.43 bits per heavy atom. The second-order valence-electron chi connectivity index (χ2n) is 5.01. The smallest absolute Gasteiger partial charge is 0.416 e. The van der Waals surface area contributed by atoms with E-state index in [1.807, 2.05) is 0 Å². The number of carbonyl (C=O) groups excluding carboxylic acids is 1. The van der Waals surface area contributed by atoms with E-state index in [1.165, 1.54) is 18.4 Å². The van der Waals surface area contributed by atoms with Gasteiger partial charge in [0.15, 0.2) is 0 Å². The van der Waals surface area contributed by atoms with Crippen LogP contribution in [0.1, 0.15) is 29.3 Å². The van der Waals surface area contributed by atoms with Crippen LogP contribution < -0.4 is 5.32 Å². The van der Waals surface area contributed by atoms with E-state index in [0.29, 0.717) is 17.7 Å². The molecule has 0 saturated heterocycles. The maximum atomic E-state index is 12.5. The average molecular weight is 327 g/mol. The van der Waals surface area contributed by atoms with Crippen LogP contribution in [-0.4, -0.2) is 17.6 Å². The van der Waals surface area contributed by atoms with Crippen LogP contribution in [0.3, 0.4) is 0 Å². The number of hydrogen-bond donors (Lipinski definition) is 2. The molecule has 0 aliphatic rings. The highest BCUT2D eigenvalue weighted by Gasteiger charge is 2.29. The highest BCUT2D eigenvalue weighted by molar-refractivity contribution is 5.76. The maximum Gasteiger partial charge on any atom is 0.416 e. The summed E-state index contributed by atoms with van der Waals surface area (Å²) in [6.45, 7) is -0.306. The molecule has 23 heavy (non-hydrogen) atoms. The molecule has 7 heteroatoms. The van der Waals surface area contributed by atoms with Crippen molar-refractivity contribution < 1.29 is 27.5 Å². The molecule has 0 saturated carbocycles. The van der Waals surface area contributed by atoms with Gasteiger partial charge in [-0.1, -0.05) is 12.1 Å². The van der Waals surface area contributed by atoms with Crippen molar-refractivity contribution in [1.29, 1.82) is 0 Å². The third-order valence-electron chi connectivity index (χ3n) is 3.33. The topological polar surface area (TPSA) is 62.5 Å². The molecule has 0 bridgehead atoms. The van der Waals surface area contributed by atoms with Gasteiger partial charge in [0.25, 0.3) is 0 Å². The van der Waals surface area contributed by atoms with Crippen molar-refractivity contribution in [2.24, 2.45) is 0 Å². The van der Waals surface area contributed by atoms with E-state index in [4.69, 9.17) is 4.42 Å². The summed E-state index contributed by atoms with van der Waals surface area (Å²) in [7, 11) is 0. The van der Waals surface area contributed by atoms with Crippen molar-refractivity contribution in [2.45, 2.75) is 25.1 Å². The van der Waals surface area contributed by atoms with E-state index in [2.05, 4.69) is 5.32 Å². The zero-order chi connectivity index (χ0) is 16.9. The lowest BCUT2D eigenvalue weighted by molar-refractivity contribution is -0.137. The monoisotopic (exact) mass is 327 g/mol. The molecular weight excluding hydrogens is 311 g/mol. The van der Waals surface area contributed by atoms with Gasteiger partial charge in [0, 0.05) is 6.42 Å². The number of nitrogens with one attached hydrogen (secondary N) is 1. The van der Waals surface area contributed by atoms with Gasteiger partial charge in [0.05, 0.1) is 18.4 Å². The number of aryl methyl sites for hydroxylation is 1. The first kappa shape index (κ1) is 17.1. The third kappa shape index (κ3) is 4.85. The van der Waals surface area contributed by atoms with E-state index in [-0.39, 0.29) is 18.9 Å². The van der Waals surface area contributed by atoms with E-state index >= 15 is 0 Å². The molecule has 124 valence electrons. The van der Waals surface area contributed by atoms with E-state index in [9.17, 15) is 23.1 Å². The molecule has 1 unspecified atom stereocenters. The summed E-state index contributed by atoms with van der Waals surface area (Å²) in [5.41, 5.74) is -0.0874. The lowest BCUT2D eigenvalue weighted by Crippen LogP contribution is -2.30. The van der Waals surface area contributed by atoms with Crippen LogP contribution in [0.2, 0.25) is 0 Å². The number of furan rings is 1. The van der Waals surface area contributed by atoms with Crippen molar-refractivity contribution in [3.63, 3.8) is 0 Å². The molecular formula is C16H16F3NO3. The summed E-state index contributed by atoms with van der Waals surface area (Å²) < 4.78 is 42.5. The number of hydrogen-bond acceptors (Lipinski definition) is 3. The zero-order valence-electron chi connectivity index (χ0n) is 12.1. The average Bonchev–Trinajstić information content (AvgIpc) is 3.04. The minimum atomic E-state index is -4.37. The predicted octanol–water partition coefficient (Wildman–Crippen LogP) is 3.08. The standard InChI is InChI=1S/C16H16F3NO3/c17-16(18,19)12-6-3-11(4-7-12)5-8-15(22)20-13(10-21)14-2-1-9-23-14/h1-4,6-7,9,13,21H,5,8,10H2,(H,20,22). The van der Waals surface area contributed by atoms with Crippen molar-refractivity contribution >= 4 is 5.91 Å². The number of halogens is 3. The highest BCUT2D eigenvalue weighted by atomic mass is 19.4. The number of carbonyl (C=O) groups is 1. The Labute approximate surface area is 130 Å². The summed E-state index contributed by atoms with van der Waals surface area (Å²) in [6, 6.07) is 7.34. The number of benzene rings is 1. The SMILES string of the molecule is O=C(CCc1ccc(C(F)(F)F)cc1)NC(CO)c1ccco1. The molecule has 2 aromatic rings. The first-order chi connectivity index (χ1) is 10.9. The predicted molar refractivity (Wildman–Crippen MR) is 76.4 cm³/mol. The number of alkyl halides is 3. The molecule has 1 aromatic carbocycles. The van der Waals surface area contributed by atoms with Gasteiger partial charge in [0.2, 0.25) is 5.91 Å².